The van der Waals surface area contributed by atoms with E-state index in [1.807, 2.05) is 6.92 Å². The largest absolute Gasteiger partial charge is 0.465 e. The smallest absolute Gasteiger partial charge is 0.339 e. The predicted molar refractivity (Wildman–Crippen MR) is 80.3 cm³/mol. The summed E-state index contributed by atoms with van der Waals surface area (Å²) in [7, 11) is 1.29. The molecule has 23 heavy (non-hydrogen) atoms. The summed E-state index contributed by atoms with van der Waals surface area (Å²) in [6.07, 6.45) is 3.81. The van der Waals surface area contributed by atoms with Crippen molar-refractivity contribution in [3.63, 3.8) is 0 Å². The van der Waals surface area contributed by atoms with E-state index in [1.165, 1.54) is 30.4 Å². The van der Waals surface area contributed by atoms with E-state index < -0.39 is 5.97 Å². The molecule has 2 fully saturated rings. The van der Waals surface area contributed by atoms with Gasteiger partial charge in [0.2, 0.25) is 5.91 Å². The molecule has 7 heteroatoms. The molecule has 0 radical (unpaired) electrons. The van der Waals surface area contributed by atoms with Crippen LogP contribution in [0.1, 0.15) is 47.0 Å². The van der Waals surface area contributed by atoms with Gasteiger partial charge in [-0.1, -0.05) is 6.92 Å². The fourth-order valence-electron chi connectivity index (χ4n) is 2.64. The van der Waals surface area contributed by atoms with Crippen molar-refractivity contribution in [2.24, 2.45) is 5.41 Å². The van der Waals surface area contributed by atoms with Gasteiger partial charge in [0.25, 0.3) is 5.91 Å². The second-order valence-corrected chi connectivity index (χ2v) is 6.19. The third-order valence-corrected chi connectivity index (χ3v) is 4.42. The first-order valence-electron chi connectivity index (χ1n) is 7.64. The van der Waals surface area contributed by atoms with Crippen molar-refractivity contribution in [2.75, 3.05) is 20.2 Å². The molecule has 3 rings (SSSR count). The number of esters is 1. The van der Waals surface area contributed by atoms with Gasteiger partial charge in [-0.25, -0.2) is 9.80 Å². The van der Waals surface area contributed by atoms with Crippen LogP contribution in [0.15, 0.2) is 18.3 Å². The van der Waals surface area contributed by atoms with Gasteiger partial charge < -0.3 is 4.74 Å². The van der Waals surface area contributed by atoms with Gasteiger partial charge in [-0.05, 0) is 31.4 Å². The second-order valence-electron chi connectivity index (χ2n) is 6.19. The minimum atomic E-state index is -0.504. The average Bonchev–Trinajstić information content (AvgIpc) is 3.14. The van der Waals surface area contributed by atoms with Gasteiger partial charge >= 0.3 is 5.97 Å². The predicted octanol–water partition coefficient (Wildman–Crippen LogP) is 1.26. The number of ether oxygens (including phenoxy) is 1. The summed E-state index contributed by atoms with van der Waals surface area (Å²) in [5, 5.41) is 3.01. The normalized spacial score (nSPS) is 18.7. The number of amides is 2. The summed E-state index contributed by atoms with van der Waals surface area (Å²) in [6, 6.07) is 2.98. The van der Waals surface area contributed by atoms with E-state index in [4.69, 9.17) is 0 Å². The number of hydrazine groups is 1. The SMILES string of the molecule is COC(=O)c1ccc(C(=O)N2CCCN2C(=O)C2(C)CC2)nc1. The maximum atomic E-state index is 12.6. The Morgan fingerprint density at radius 1 is 1.17 bits per heavy atom. The van der Waals surface area contributed by atoms with E-state index in [2.05, 4.69) is 9.72 Å². The fourth-order valence-corrected chi connectivity index (χ4v) is 2.64. The lowest BCUT2D eigenvalue weighted by atomic mass is 10.1. The summed E-state index contributed by atoms with van der Waals surface area (Å²) in [5.74, 6) is -0.817. The highest BCUT2D eigenvalue weighted by atomic mass is 16.5. The average molecular weight is 317 g/mol. The Labute approximate surface area is 134 Å². The number of carbonyl (C=O) groups excluding carboxylic acids is 3. The van der Waals surface area contributed by atoms with Crippen molar-refractivity contribution < 1.29 is 19.1 Å². The zero-order valence-electron chi connectivity index (χ0n) is 13.2. The number of aromatic nitrogens is 1. The number of pyridine rings is 1. The molecule has 0 atom stereocenters. The highest BCUT2D eigenvalue weighted by Gasteiger charge is 2.49. The number of hydrogen-bond donors (Lipinski definition) is 0. The van der Waals surface area contributed by atoms with Gasteiger partial charge in [0.05, 0.1) is 12.7 Å². The van der Waals surface area contributed by atoms with Gasteiger partial charge in [-0.2, -0.15) is 0 Å². The van der Waals surface area contributed by atoms with Crippen molar-refractivity contribution >= 4 is 17.8 Å². The van der Waals surface area contributed by atoms with Gasteiger partial charge in [-0.3, -0.25) is 19.6 Å². The molecule has 0 spiro atoms. The van der Waals surface area contributed by atoms with Gasteiger partial charge in [0.15, 0.2) is 0 Å². The molecule has 0 aromatic carbocycles. The Kier molecular flexibility index (Phi) is 3.79. The minimum absolute atomic E-state index is 0.00882. The first-order valence-corrected chi connectivity index (χ1v) is 7.64. The maximum Gasteiger partial charge on any atom is 0.339 e. The first kappa shape index (κ1) is 15.5. The Balaban J connectivity index is 1.76. The van der Waals surface area contributed by atoms with Crippen LogP contribution in [0, 0.1) is 5.41 Å². The number of methoxy groups -OCH3 is 1. The molecule has 2 amide bonds. The van der Waals surface area contributed by atoms with Crippen molar-refractivity contribution in [1.82, 2.24) is 15.0 Å². The van der Waals surface area contributed by atoms with Crippen molar-refractivity contribution in [1.29, 1.82) is 0 Å². The van der Waals surface area contributed by atoms with E-state index in [0.717, 1.165) is 19.3 Å². The monoisotopic (exact) mass is 317 g/mol. The third-order valence-electron chi connectivity index (χ3n) is 4.42. The Morgan fingerprint density at radius 2 is 1.87 bits per heavy atom. The molecule has 0 unspecified atom stereocenters. The minimum Gasteiger partial charge on any atom is -0.465 e. The number of rotatable bonds is 3. The molecule has 2 aliphatic rings. The summed E-state index contributed by atoms with van der Waals surface area (Å²) >= 11 is 0. The van der Waals surface area contributed by atoms with Gasteiger partial charge in [0.1, 0.15) is 5.69 Å². The van der Waals surface area contributed by atoms with Crippen molar-refractivity contribution in [3.8, 4) is 0 Å². The highest BCUT2D eigenvalue weighted by Crippen LogP contribution is 2.47. The van der Waals surface area contributed by atoms with Crippen LogP contribution in [-0.2, 0) is 9.53 Å². The lowest BCUT2D eigenvalue weighted by Gasteiger charge is -2.29. The molecule has 1 aromatic rings. The molecule has 1 saturated heterocycles. The van der Waals surface area contributed by atoms with E-state index >= 15 is 0 Å². The van der Waals surface area contributed by atoms with Crippen LogP contribution < -0.4 is 0 Å². The summed E-state index contributed by atoms with van der Waals surface area (Å²) in [4.78, 5) is 40.6. The molecule has 7 nitrogen and oxygen atoms in total. The molecular formula is C16H19N3O4. The molecule has 0 N–H and O–H groups in total. The van der Waals surface area contributed by atoms with Gasteiger partial charge in [0, 0.05) is 24.7 Å². The van der Waals surface area contributed by atoms with Crippen LogP contribution in [0.3, 0.4) is 0 Å². The van der Waals surface area contributed by atoms with E-state index in [1.54, 1.807) is 5.01 Å². The Hall–Kier alpha value is -2.44. The molecule has 122 valence electrons. The van der Waals surface area contributed by atoms with E-state index in [-0.39, 0.29) is 28.5 Å². The van der Waals surface area contributed by atoms with Crippen LogP contribution in [0.5, 0.6) is 0 Å². The third kappa shape index (κ3) is 2.78. The van der Waals surface area contributed by atoms with Crippen molar-refractivity contribution in [2.45, 2.75) is 26.2 Å². The van der Waals surface area contributed by atoms with Crippen LogP contribution in [0.4, 0.5) is 0 Å². The molecule has 1 aliphatic heterocycles. The van der Waals surface area contributed by atoms with Gasteiger partial charge in [-0.15, -0.1) is 0 Å². The standard InChI is InChI=1S/C16H19N3O4/c1-16(6-7-16)15(22)19-9-3-8-18(19)13(20)12-5-4-11(10-17-12)14(21)23-2/h4-5,10H,3,6-9H2,1-2H3. The van der Waals surface area contributed by atoms with E-state index in [0.29, 0.717) is 13.1 Å². The van der Waals surface area contributed by atoms with Crippen LogP contribution in [-0.4, -0.2) is 53.0 Å². The molecule has 1 aliphatic carbocycles. The summed E-state index contributed by atoms with van der Waals surface area (Å²) < 4.78 is 4.60. The molecule has 1 aromatic heterocycles. The van der Waals surface area contributed by atoms with Crippen LogP contribution in [0.2, 0.25) is 0 Å². The highest BCUT2D eigenvalue weighted by molar-refractivity contribution is 5.96. The zero-order valence-corrected chi connectivity index (χ0v) is 13.2. The molecule has 2 heterocycles. The summed E-state index contributed by atoms with van der Waals surface area (Å²) in [5.41, 5.74) is 0.174. The Bertz CT molecular complexity index is 652. The van der Waals surface area contributed by atoms with Crippen LogP contribution in [0.25, 0.3) is 0 Å². The quantitative estimate of drug-likeness (QED) is 0.784. The lowest BCUT2D eigenvalue weighted by Crippen LogP contribution is -2.47. The fraction of sp³-hybridized carbons (Fsp3) is 0.500. The molecule has 0 bridgehead atoms. The van der Waals surface area contributed by atoms with Crippen LogP contribution >= 0.6 is 0 Å². The number of hydrogen-bond acceptors (Lipinski definition) is 5. The number of nitrogens with zero attached hydrogens (tertiary/aromatic N) is 3. The topological polar surface area (TPSA) is 79.8 Å². The first-order chi connectivity index (χ1) is 11.0. The number of carbonyl (C=O) groups is 3. The van der Waals surface area contributed by atoms with Crippen molar-refractivity contribution in [3.05, 3.63) is 29.6 Å². The summed E-state index contributed by atoms with van der Waals surface area (Å²) in [6.45, 7) is 2.99. The molecular weight excluding hydrogens is 298 g/mol. The van der Waals surface area contributed by atoms with E-state index in [9.17, 15) is 14.4 Å². The zero-order chi connectivity index (χ0) is 16.6. The molecule has 1 saturated carbocycles. The maximum absolute atomic E-state index is 12.6. The second kappa shape index (κ2) is 5.64. The Morgan fingerprint density at radius 3 is 2.43 bits per heavy atom. The lowest BCUT2D eigenvalue weighted by molar-refractivity contribution is -0.146.